The molecule has 110 valence electrons. The summed E-state index contributed by atoms with van der Waals surface area (Å²) in [6.07, 6.45) is 5.55. The van der Waals surface area contributed by atoms with Gasteiger partial charge in [-0.05, 0) is 24.7 Å². The summed E-state index contributed by atoms with van der Waals surface area (Å²) in [5.74, 6) is -0.598. The molecule has 0 aromatic heterocycles. The molecule has 1 saturated carbocycles. The van der Waals surface area contributed by atoms with Crippen molar-refractivity contribution in [3.63, 3.8) is 0 Å². The van der Waals surface area contributed by atoms with E-state index >= 15 is 0 Å². The Morgan fingerprint density at radius 3 is 2.42 bits per heavy atom. The van der Waals surface area contributed by atoms with Gasteiger partial charge in [-0.25, -0.2) is 9.59 Å². The normalized spacial score (nSPS) is 24.8. The zero-order valence-corrected chi connectivity index (χ0v) is 12.1. The molecular formula is C14H26N2O3. The smallest absolute Gasteiger partial charge is 0.326 e. The fraction of sp³-hybridized carbons (Fsp3) is 0.857. The van der Waals surface area contributed by atoms with Crippen molar-refractivity contribution in [2.24, 2.45) is 11.8 Å². The topological polar surface area (TPSA) is 78.4 Å². The van der Waals surface area contributed by atoms with Crippen LogP contribution in [0.4, 0.5) is 4.79 Å². The Balaban J connectivity index is 2.51. The molecule has 0 spiro atoms. The standard InChI is InChI=1S/C14H26N2O3/c1-4-10-7-5-6-8-11(10)15-14(19)16-12(9(2)3)13(17)18/h9-12H,4-8H2,1-3H3,(H,17,18)(H2,15,16,19)/t10?,11?,12-/m1/s1. The van der Waals surface area contributed by atoms with Crippen molar-refractivity contribution in [1.82, 2.24) is 10.6 Å². The monoisotopic (exact) mass is 270 g/mol. The molecule has 1 fully saturated rings. The van der Waals surface area contributed by atoms with Crippen LogP contribution in [0.5, 0.6) is 0 Å². The molecule has 0 bridgehead atoms. The van der Waals surface area contributed by atoms with Crippen LogP contribution in [0.1, 0.15) is 52.9 Å². The number of rotatable bonds is 5. The Bertz CT molecular complexity index is 318. The van der Waals surface area contributed by atoms with E-state index in [2.05, 4.69) is 17.6 Å². The zero-order valence-electron chi connectivity index (χ0n) is 12.1. The number of hydrogen-bond acceptors (Lipinski definition) is 2. The molecule has 3 atom stereocenters. The van der Waals surface area contributed by atoms with Crippen LogP contribution in [0.25, 0.3) is 0 Å². The lowest BCUT2D eigenvalue weighted by Gasteiger charge is -2.32. The fourth-order valence-corrected chi connectivity index (χ4v) is 2.75. The average Bonchev–Trinajstić information content (AvgIpc) is 2.36. The summed E-state index contributed by atoms with van der Waals surface area (Å²) >= 11 is 0. The van der Waals surface area contributed by atoms with Crippen molar-refractivity contribution in [2.75, 3.05) is 0 Å². The molecule has 5 nitrogen and oxygen atoms in total. The summed E-state index contributed by atoms with van der Waals surface area (Å²) in [5.41, 5.74) is 0. The molecule has 2 amide bonds. The van der Waals surface area contributed by atoms with Gasteiger partial charge in [-0.3, -0.25) is 0 Å². The van der Waals surface area contributed by atoms with Crippen LogP contribution in [0, 0.1) is 11.8 Å². The van der Waals surface area contributed by atoms with E-state index in [1.54, 1.807) is 13.8 Å². The van der Waals surface area contributed by atoms with Crippen LogP contribution in [0.15, 0.2) is 0 Å². The Morgan fingerprint density at radius 1 is 1.26 bits per heavy atom. The molecule has 1 aliphatic carbocycles. The first-order valence-electron chi connectivity index (χ1n) is 7.25. The van der Waals surface area contributed by atoms with E-state index in [-0.39, 0.29) is 18.0 Å². The van der Waals surface area contributed by atoms with Gasteiger partial charge in [-0.2, -0.15) is 0 Å². The van der Waals surface area contributed by atoms with E-state index in [4.69, 9.17) is 5.11 Å². The van der Waals surface area contributed by atoms with E-state index in [1.165, 1.54) is 6.42 Å². The quantitative estimate of drug-likeness (QED) is 0.717. The van der Waals surface area contributed by atoms with Crippen molar-refractivity contribution < 1.29 is 14.7 Å². The molecule has 19 heavy (non-hydrogen) atoms. The summed E-state index contributed by atoms with van der Waals surface area (Å²) in [4.78, 5) is 23.0. The lowest BCUT2D eigenvalue weighted by molar-refractivity contribution is -0.140. The summed E-state index contributed by atoms with van der Waals surface area (Å²) in [6.45, 7) is 5.71. The molecule has 0 aliphatic heterocycles. The number of amides is 2. The van der Waals surface area contributed by atoms with Gasteiger partial charge in [-0.1, -0.05) is 40.0 Å². The fourth-order valence-electron chi connectivity index (χ4n) is 2.75. The minimum absolute atomic E-state index is 0.128. The molecule has 0 aromatic carbocycles. The number of urea groups is 1. The number of carbonyl (C=O) groups excluding carboxylic acids is 1. The summed E-state index contributed by atoms with van der Waals surface area (Å²) in [7, 11) is 0. The molecule has 0 radical (unpaired) electrons. The first-order valence-corrected chi connectivity index (χ1v) is 7.25. The maximum absolute atomic E-state index is 11.9. The van der Waals surface area contributed by atoms with Crippen LogP contribution < -0.4 is 10.6 Å². The highest BCUT2D eigenvalue weighted by atomic mass is 16.4. The molecule has 1 aliphatic rings. The van der Waals surface area contributed by atoms with Crippen molar-refractivity contribution in [3.05, 3.63) is 0 Å². The van der Waals surface area contributed by atoms with Crippen molar-refractivity contribution >= 4 is 12.0 Å². The zero-order chi connectivity index (χ0) is 14.4. The van der Waals surface area contributed by atoms with Gasteiger partial charge in [0.2, 0.25) is 0 Å². The van der Waals surface area contributed by atoms with Gasteiger partial charge in [-0.15, -0.1) is 0 Å². The largest absolute Gasteiger partial charge is 0.480 e. The third kappa shape index (κ3) is 4.73. The highest BCUT2D eigenvalue weighted by Crippen LogP contribution is 2.26. The lowest BCUT2D eigenvalue weighted by atomic mass is 9.83. The van der Waals surface area contributed by atoms with Gasteiger partial charge in [0.05, 0.1) is 0 Å². The van der Waals surface area contributed by atoms with Crippen LogP contribution in [0.2, 0.25) is 0 Å². The molecule has 0 aromatic rings. The molecule has 5 heteroatoms. The van der Waals surface area contributed by atoms with E-state index < -0.39 is 12.0 Å². The lowest BCUT2D eigenvalue weighted by Crippen LogP contribution is -2.52. The van der Waals surface area contributed by atoms with Crippen LogP contribution in [-0.2, 0) is 4.79 Å². The van der Waals surface area contributed by atoms with E-state index in [0.29, 0.717) is 5.92 Å². The van der Waals surface area contributed by atoms with E-state index in [0.717, 1.165) is 25.7 Å². The first kappa shape index (κ1) is 15.8. The summed E-state index contributed by atoms with van der Waals surface area (Å²) < 4.78 is 0. The summed E-state index contributed by atoms with van der Waals surface area (Å²) in [6, 6.07) is -1.00. The number of carboxylic acids is 1. The van der Waals surface area contributed by atoms with Gasteiger partial charge in [0.25, 0.3) is 0 Å². The van der Waals surface area contributed by atoms with Crippen LogP contribution >= 0.6 is 0 Å². The maximum atomic E-state index is 11.9. The first-order chi connectivity index (χ1) is 8.95. The highest BCUT2D eigenvalue weighted by Gasteiger charge is 2.28. The predicted octanol–water partition coefficient (Wildman–Crippen LogP) is 2.36. The molecular weight excluding hydrogens is 244 g/mol. The van der Waals surface area contributed by atoms with Crippen LogP contribution in [-0.4, -0.2) is 29.2 Å². The molecule has 1 rings (SSSR count). The number of aliphatic carboxylic acids is 1. The van der Waals surface area contributed by atoms with Gasteiger partial charge < -0.3 is 15.7 Å². The third-order valence-corrected chi connectivity index (χ3v) is 3.97. The molecule has 0 saturated heterocycles. The number of carbonyl (C=O) groups is 2. The Kier molecular flexibility index (Phi) is 6.12. The number of carboxylic acid groups (broad SMARTS) is 1. The number of nitrogens with one attached hydrogen (secondary N) is 2. The predicted molar refractivity (Wildman–Crippen MR) is 74.0 cm³/mol. The van der Waals surface area contributed by atoms with Crippen molar-refractivity contribution in [2.45, 2.75) is 65.0 Å². The Morgan fingerprint density at radius 2 is 1.89 bits per heavy atom. The molecule has 0 heterocycles. The van der Waals surface area contributed by atoms with E-state index in [1.807, 2.05) is 0 Å². The van der Waals surface area contributed by atoms with Crippen molar-refractivity contribution in [3.8, 4) is 0 Å². The van der Waals surface area contributed by atoms with Crippen molar-refractivity contribution in [1.29, 1.82) is 0 Å². The maximum Gasteiger partial charge on any atom is 0.326 e. The Labute approximate surface area is 115 Å². The minimum Gasteiger partial charge on any atom is -0.480 e. The van der Waals surface area contributed by atoms with Gasteiger partial charge in [0.1, 0.15) is 6.04 Å². The van der Waals surface area contributed by atoms with E-state index in [9.17, 15) is 9.59 Å². The minimum atomic E-state index is -0.985. The third-order valence-electron chi connectivity index (χ3n) is 3.97. The number of hydrogen-bond donors (Lipinski definition) is 3. The Hall–Kier alpha value is -1.26. The molecule has 3 N–H and O–H groups in total. The second-order valence-corrected chi connectivity index (χ2v) is 5.74. The second kappa shape index (κ2) is 7.36. The van der Waals surface area contributed by atoms with Gasteiger partial charge >= 0.3 is 12.0 Å². The second-order valence-electron chi connectivity index (χ2n) is 5.74. The van der Waals surface area contributed by atoms with Crippen LogP contribution in [0.3, 0.4) is 0 Å². The molecule has 2 unspecified atom stereocenters. The SMILES string of the molecule is CCC1CCCCC1NC(=O)N[C@@H](C(=O)O)C(C)C. The van der Waals surface area contributed by atoms with Gasteiger partial charge in [0, 0.05) is 6.04 Å². The average molecular weight is 270 g/mol. The van der Waals surface area contributed by atoms with Gasteiger partial charge in [0.15, 0.2) is 0 Å². The summed E-state index contributed by atoms with van der Waals surface area (Å²) in [5, 5.41) is 14.6. The highest BCUT2D eigenvalue weighted by molar-refractivity contribution is 5.82.